The van der Waals surface area contributed by atoms with E-state index in [2.05, 4.69) is 4.98 Å². The second-order valence-corrected chi connectivity index (χ2v) is 5.87. The van der Waals surface area contributed by atoms with Crippen molar-refractivity contribution >= 4 is 19.2 Å². The second-order valence-electron chi connectivity index (χ2n) is 3.42. The normalized spacial score (nSPS) is 31.5. The van der Waals surface area contributed by atoms with Gasteiger partial charge in [0, 0.05) is 31.0 Å². The summed E-state index contributed by atoms with van der Waals surface area (Å²) >= 11 is 5.82. The molecule has 2 atom stereocenters. The summed E-state index contributed by atoms with van der Waals surface area (Å²) in [5.41, 5.74) is 0.841. The molecule has 2 heterocycles. The molecule has 1 fully saturated rings. The summed E-state index contributed by atoms with van der Waals surface area (Å²) in [6, 6.07) is 1.77. The summed E-state index contributed by atoms with van der Waals surface area (Å²) in [6.45, 7) is 1.90. The van der Waals surface area contributed by atoms with E-state index in [9.17, 15) is 4.57 Å². The van der Waals surface area contributed by atoms with Crippen LogP contribution in [0.5, 0.6) is 0 Å². The van der Waals surface area contributed by atoms with Gasteiger partial charge in [-0.25, -0.2) is 0 Å². The standard InChI is InChI=1S/C9H11ClNO3P/c1-15(12)13-3-2-9(14-15)7-4-8(10)6-11-5-7/h4-6,9H,2-3H2,1H3/t9-,15?/m1/s1. The van der Waals surface area contributed by atoms with Gasteiger partial charge in [0.2, 0.25) is 0 Å². The fraction of sp³-hybridized carbons (Fsp3) is 0.444. The van der Waals surface area contributed by atoms with Crippen molar-refractivity contribution in [3.05, 3.63) is 29.0 Å². The number of aromatic nitrogens is 1. The van der Waals surface area contributed by atoms with Gasteiger partial charge in [-0.2, -0.15) is 0 Å². The lowest BCUT2D eigenvalue weighted by Crippen LogP contribution is -2.13. The van der Waals surface area contributed by atoms with E-state index in [0.717, 1.165) is 5.56 Å². The van der Waals surface area contributed by atoms with E-state index in [4.69, 9.17) is 20.6 Å². The topological polar surface area (TPSA) is 48.4 Å². The largest absolute Gasteiger partial charge is 0.328 e. The predicted molar refractivity (Wildman–Crippen MR) is 57.2 cm³/mol. The Hall–Kier alpha value is -0.410. The van der Waals surface area contributed by atoms with Gasteiger partial charge >= 0.3 is 7.60 Å². The number of hydrogen-bond donors (Lipinski definition) is 0. The van der Waals surface area contributed by atoms with Gasteiger partial charge < -0.3 is 9.05 Å². The highest BCUT2D eigenvalue weighted by molar-refractivity contribution is 7.53. The van der Waals surface area contributed by atoms with E-state index in [1.807, 2.05) is 0 Å². The van der Waals surface area contributed by atoms with Crippen LogP contribution in [0, 0.1) is 0 Å². The van der Waals surface area contributed by atoms with Crippen molar-refractivity contribution in [2.24, 2.45) is 0 Å². The Bertz CT molecular complexity index is 412. The first-order valence-corrected chi connectivity index (χ1v) is 6.94. The molecule has 0 N–H and O–H groups in total. The van der Waals surface area contributed by atoms with Gasteiger partial charge in [0.25, 0.3) is 0 Å². The molecule has 2 rings (SSSR count). The van der Waals surface area contributed by atoms with Crippen LogP contribution in [0.3, 0.4) is 0 Å². The van der Waals surface area contributed by atoms with Gasteiger partial charge in [-0.15, -0.1) is 0 Å². The van der Waals surface area contributed by atoms with Crippen LogP contribution >= 0.6 is 19.2 Å². The molecule has 0 aliphatic carbocycles. The molecule has 1 aliphatic rings. The zero-order valence-electron chi connectivity index (χ0n) is 8.22. The molecule has 0 saturated carbocycles. The van der Waals surface area contributed by atoms with Crippen LogP contribution in [0.4, 0.5) is 0 Å². The van der Waals surface area contributed by atoms with Crippen molar-refractivity contribution in [1.29, 1.82) is 0 Å². The Morgan fingerprint density at radius 1 is 1.60 bits per heavy atom. The molecule has 1 aliphatic heterocycles. The van der Waals surface area contributed by atoms with Crippen LogP contribution < -0.4 is 0 Å². The van der Waals surface area contributed by atoms with Gasteiger partial charge in [0.05, 0.1) is 17.7 Å². The molecule has 1 aromatic rings. The lowest BCUT2D eigenvalue weighted by atomic mass is 10.1. The minimum Gasteiger partial charge on any atom is -0.309 e. The van der Waals surface area contributed by atoms with Crippen molar-refractivity contribution in [1.82, 2.24) is 4.98 Å². The summed E-state index contributed by atoms with van der Waals surface area (Å²) in [6.07, 6.45) is 3.65. The minimum absolute atomic E-state index is 0.235. The smallest absolute Gasteiger partial charge is 0.309 e. The van der Waals surface area contributed by atoms with Crippen LogP contribution in [-0.4, -0.2) is 18.3 Å². The zero-order chi connectivity index (χ0) is 10.9. The third-order valence-corrected chi connectivity index (χ3v) is 3.62. The Kier molecular flexibility index (Phi) is 3.12. The first-order valence-electron chi connectivity index (χ1n) is 4.58. The van der Waals surface area contributed by atoms with E-state index in [0.29, 0.717) is 18.1 Å². The van der Waals surface area contributed by atoms with Crippen LogP contribution in [0.25, 0.3) is 0 Å². The number of pyridine rings is 1. The Morgan fingerprint density at radius 2 is 2.40 bits per heavy atom. The highest BCUT2D eigenvalue weighted by atomic mass is 35.5. The van der Waals surface area contributed by atoms with Crippen LogP contribution in [-0.2, 0) is 13.6 Å². The molecule has 0 aromatic carbocycles. The lowest BCUT2D eigenvalue weighted by molar-refractivity contribution is 0.0843. The Morgan fingerprint density at radius 3 is 3.07 bits per heavy atom. The maximum Gasteiger partial charge on any atom is 0.328 e. The van der Waals surface area contributed by atoms with Crippen molar-refractivity contribution in [2.75, 3.05) is 13.3 Å². The number of nitrogens with zero attached hydrogens (tertiary/aromatic N) is 1. The van der Waals surface area contributed by atoms with Gasteiger partial charge in [-0.1, -0.05) is 11.6 Å². The zero-order valence-corrected chi connectivity index (χ0v) is 9.87. The molecule has 0 amide bonds. The van der Waals surface area contributed by atoms with Crippen LogP contribution in [0.1, 0.15) is 18.1 Å². The first kappa shape index (κ1) is 11.1. The number of rotatable bonds is 1. The monoisotopic (exact) mass is 247 g/mol. The lowest BCUT2D eigenvalue weighted by Gasteiger charge is -2.27. The van der Waals surface area contributed by atoms with Crippen LogP contribution in [0.2, 0.25) is 5.02 Å². The highest BCUT2D eigenvalue weighted by Gasteiger charge is 2.29. The molecule has 6 heteroatoms. The Balaban J connectivity index is 2.21. The molecule has 1 saturated heterocycles. The van der Waals surface area contributed by atoms with Gasteiger partial charge in [0.15, 0.2) is 0 Å². The first-order chi connectivity index (χ1) is 7.07. The fourth-order valence-electron chi connectivity index (χ4n) is 1.47. The molecule has 1 unspecified atom stereocenters. The van der Waals surface area contributed by atoms with Crippen molar-refractivity contribution < 1.29 is 13.6 Å². The SMILES string of the molecule is CP1(=O)OCC[C@H](c2cncc(Cl)c2)O1. The van der Waals surface area contributed by atoms with Crippen molar-refractivity contribution in [2.45, 2.75) is 12.5 Å². The van der Waals surface area contributed by atoms with Crippen LogP contribution in [0.15, 0.2) is 18.5 Å². The number of hydrogen-bond acceptors (Lipinski definition) is 4. The molecule has 0 bridgehead atoms. The summed E-state index contributed by atoms with van der Waals surface area (Å²) in [7, 11) is -2.89. The molecular weight excluding hydrogens is 237 g/mol. The van der Waals surface area contributed by atoms with Crippen molar-refractivity contribution in [3.63, 3.8) is 0 Å². The predicted octanol–water partition coefficient (Wildman–Crippen LogP) is 3.04. The molecule has 4 nitrogen and oxygen atoms in total. The van der Waals surface area contributed by atoms with E-state index in [1.165, 1.54) is 6.66 Å². The maximum atomic E-state index is 11.6. The highest BCUT2D eigenvalue weighted by Crippen LogP contribution is 2.52. The molecule has 1 aromatic heterocycles. The van der Waals surface area contributed by atoms with Gasteiger partial charge in [-0.3, -0.25) is 9.55 Å². The number of halogens is 1. The van der Waals surface area contributed by atoms with Gasteiger partial charge in [0.1, 0.15) is 0 Å². The summed E-state index contributed by atoms with van der Waals surface area (Å²) in [5.74, 6) is 0. The maximum absolute atomic E-state index is 11.6. The van der Waals surface area contributed by atoms with Crippen molar-refractivity contribution in [3.8, 4) is 0 Å². The average molecular weight is 248 g/mol. The quantitative estimate of drug-likeness (QED) is 0.716. The molecule has 15 heavy (non-hydrogen) atoms. The molecule has 82 valence electrons. The second kappa shape index (κ2) is 4.22. The molecular formula is C9H11ClNO3P. The summed E-state index contributed by atoms with van der Waals surface area (Å²) < 4.78 is 22.0. The van der Waals surface area contributed by atoms with E-state index < -0.39 is 7.60 Å². The van der Waals surface area contributed by atoms with E-state index in [1.54, 1.807) is 18.5 Å². The summed E-state index contributed by atoms with van der Waals surface area (Å²) in [5, 5.41) is 0.550. The Labute approximate surface area is 93.1 Å². The third-order valence-electron chi connectivity index (χ3n) is 2.12. The fourth-order valence-corrected chi connectivity index (χ4v) is 2.84. The van der Waals surface area contributed by atoms with Gasteiger partial charge in [-0.05, 0) is 6.07 Å². The summed E-state index contributed by atoms with van der Waals surface area (Å²) in [4.78, 5) is 3.96. The van der Waals surface area contributed by atoms with E-state index in [-0.39, 0.29) is 6.10 Å². The van der Waals surface area contributed by atoms with E-state index >= 15 is 0 Å². The molecule has 0 spiro atoms. The average Bonchev–Trinajstić information content (AvgIpc) is 2.16. The molecule has 0 radical (unpaired) electrons. The third kappa shape index (κ3) is 2.79. The minimum atomic E-state index is -2.89.